The van der Waals surface area contributed by atoms with Crippen molar-refractivity contribution in [1.82, 2.24) is 9.80 Å². The summed E-state index contributed by atoms with van der Waals surface area (Å²) in [5.41, 5.74) is 3.03. The van der Waals surface area contributed by atoms with E-state index in [1.54, 1.807) is 7.11 Å². The van der Waals surface area contributed by atoms with Crippen molar-refractivity contribution in [2.24, 2.45) is 5.16 Å². The lowest BCUT2D eigenvalue weighted by Crippen LogP contribution is -2.51. The third-order valence-corrected chi connectivity index (χ3v) is 5.28. The van der Waals surface area contributed by atoms with Crippen LogP contribution in [0.1, 0.15) is 17.5 Å². The molecule has 2 aromatic carbocycles. The smallest absolute Gasteiger partial charge is 0.266 e. The van der Waals surface area contributed by atoms with Gasteiger partial charge in [0.25, 0.3) is 5.91 Å². The van der Waals surface area contributed by atoms with Gasteiger partial charge < -0.3 is 14.5 Å². The van der Waals surface area contributed by atoms with E-state index in [9.17, 15) is 4.79 Å². The van der Waals surface area contributed by atoms with Gasteiger partial charge in [-0.1, -0.05) is 47.6 Å². The second-order valence-electron chi connectivity index (χ2n) is 7.16. The van der Waals surface area contributed by atoms with E-state index in [1.807, 2.05) is 35.2 Å². The molecule has 4 rings (SSSR count). The predicted molar refractivity (Wildman–Crippen MR) is 107 cm³/mol. The van der Waals surface area contributed by atoms with Gasteiger partial charge in [-0.05, 0) is 17.7 Å². The van der Waals surface area contributed by atoms with Crippen molar-refractivity contribution >= 4 is 11.6 Å². The number of oxime groups is 1. The quantitative estimate of drug-likeness (QED) is 0.801. The fourth-order valence-electron chi connectivity index (χ4n) is 3.65. The molecule has 6 nitrogen and oxygen atoms in total. The predicted octanol–water partition coefficient (Wildman–Crippen LogP) is 2.53. The van der Waals surface area contributed by atoms with Crippen LogP contribution in [-0.2, 0) is 16.2 Å². The lowest BCUT2D eigenvalue weighted by molar-refractivity contribution is -0.143. The van der Waals surface area contributed by atoms with E-state index in [0.29, 0.717) is 6.42 Å². The van der Waals surface area contributed by atoms with Crippen LogP contribution in [0, 0.1) is 0 Å². The van der Waals surface area contributed by atoms with Crippen molar-refractivity contribution in [3.8, 4) is 5.75 Å². The van der Waals surface area contributed by atoms with Crippen LogP contribution in [0.25, 0.3) is 0 Å². The van der Waals surface area contributed by atoms with Gasteiger partial charge >= 0.3 is 0 Å². The molecule has 0 aromatic heterocycles. The van der Waals surface area contributed by atoms with Gasteiger partial charge in [-0.15, -0.1) is 0 Å². The summed E-state index contributed by atoms with van der Waals surface area (Å²) >= 11 is 0. The molecular weight excluding hydrogens is 354 g/mol. The molecule has 6 heteroatoms. The molecular formula is C22H25N3O3. The second-order valence-corrected chi connectivity index (χ2v) is 7.16. The maximum absolute atomic E-state index is 12.8. The first-order chi connectivity index (χ1) is 13.7. The standard InChI is InChI=1S/C22H25N3O3/c1-27-19-9-5-8-18(14-19)20-15-21(28-23-20)22(26)25-12-10-24(11-13-25)16-17-6-3-2-4-7-17/h2-9,14,21H,10-13,15-16H2,1H3/t21-/m0/s1. The Balaban J connectivity index is 1.29. The monoisotopic (exact) mass is 379 g/mol. The van der Waals surface area contributed by atoms with E-state index in [0.717, 1.165) is 49.7 Å². The topological polar surface area (TPSA) is 54.4 Å². The van der Waals surface area contributed by atoms with Gasteiger partial charge in [-0.25, -0.2) is 0 Å². The Morgan fingerprint density at radius 2 is 1.89 bits per heavy atom. The SMILES string of the molecule is COc1cccc(C2=NO[C@H](C(=O)N3CCN(Cc4ccccc4)CC3)C2)c1. The van der Waals surface area contributed by atoms with Crippen molar-refractivity contribution in [1.29, 1.82) is 0 Å². The molecule has 2 aliphatic rings. The van der Waals surface area contributed by atoms with Crippen LogP contribution < -0.4 is 4.74 Å². The minimum atomic E-state index is -0.526. The Labute approximate surface area is 165 Å². The third kappa shape index (κ3) is 4.17. The van der Waals surface area contributed by atoms with Crippen LogP contribution in [0.15, 0.2) is 59.8 Å². The minimum Gasteiger partial charge on any atom is -0.497 e. The number of hydrogen-bond acceptors (Lipinski definition) is 5. The number of rotatable bonds is 5. The molecule has 146 valence electrons. The maximum Gasteiger partial charge on any atom is 0.266 e. The van der Waals surface area contributed by atoms with Crippen LogP contribution in [0.3, 0.4) is 0 Å². The Morgan fingerprint density at radius 1 is 1.11 bits per heavy atom. The summed E-state index contributed by atoms with van der Waals surface area (Å²) in [6, 6.07) is 18.1. The van der Waals surface area contributed by atoms with Crippen LogP contribution in [0.4, 0.5) is 0 Å². The summed E-state index contributed by atoms with van der Waals surface area (Å²) in [6.45, 7) is 4.11. The van der Waals surface area contributed by atoms with Crippen molar-refractivity contribution in [2.75, 3.05) is 33.3 Å². The second kappa shape index (κ2) is 8.44. The molecule has 1 saturated heterocycles. The van der Waals surface area contributed by atoms with Gasteiger partial charge in [0.2, 0.25) is 6.10 Å². The first kappa shape index (κ1) is 18.5. The number of ether oxygens (including phenoxy) is 1. The Kier molecular flexibility index (Phi) is 5.58. The van der Waals surface area contributed by atoms with E-state index >= 15 is 0 Å². The number of piperazine rings is 1. The molecule has 0 unspecified atom stereocenters. The Bertz CT molecular complexity index is 845. The highest BCUT2D eigenvalue weighted by molar-refractivity contribution is 6.04. The summed E-state index contributed by atoms with van der Waals surface area (Å²) in [4.78, 5) is 22.6. The van der Waals surface area contributed by atoms with Gasteiger partial charge in [0.15, 0.2) is 0 Å². The van der Waals surface area contributed by atoms with E-state index in [-0.39, 0.29) is 5.91 Å². The molecule has 28 heavy (non-hydrogen) atoms. The number of nitrogens with zero attached hydrogens (tertiary/aromatic N) is 3. The van der Waals surface area contributed by atoms with Crippen molar-refractivity contribution < 1.29 is 14.4 Å². The maximum atomic E-state index is 12.8. The van der Waals surface area contributed by atoms with E-state index < -0.39 is 6.10 Å². The molecule has 0 bridgehead atoms. The Morgan fingerprint density at radius 3 is 2.64 bits per heavy atom. The van der Waals surface area contributed by atoms with E-state index in [1.165, 1.54) is 5.56 Å². The van der Waals surface area contributed by atoms with Crippen LogP contribution >= 0.6 is 0 Å². The molecule has 1 amide bonds. The van der Waals surface area contributed by atoms with E-state index in [2.05, 4.69) is 34.3 Å². The van der Waals surface area contributed by atoms with Gasteiger partial charge in [-0.3, -0.25) is 9.69 Å². The fourth-order valence-corrected chi connectivity index (χ4v) is 3.65. The highest BCUT2D eigenvalue weighted by Crippen LogP contribution is 2.22. The average Bonchev–Trinajstić information content (AvgIpc) is 3.25. The number of hydrogen-bond donors (Lipinski definition) is 0. The molecule has 2 heterocycles. The summed E-state index contributed by atoms with van der Waals surface area (Å²) in [7, 11) is 1.63. The highest BCUT2D eigenvalue weighted by Gasteiger charge is 2.33. The lowest BCUT2D eigenvalue weighted by atomic mass is 10.0. The molecule has 0 saturated carbocycles. The number of methoxy groups -OCH3 is 1. The zero-order chi connectivity index (χ0) is 19.3. The first-order valence-corrected chi connectivity index (χ1v) is 9.65. The van der Waals surface area contributed by atoms with Crippen molar-refractivity contribution in [2.45, 2.75) is 19.1 Å². The molecule has 0 N–H and O–H groups in total. The third-order valence-electron chi connectivity index (χ3n) is 5.28. The molecule has 1 atom stereocenters. The number of carbonyl (C=O) groups is 1. The highest BCUT2D eigenvalue weighted by atomic mass is 16.6. The molecule has 0 spiro atoms. The van der Waals surface area contributed by atoms with Gasteiger partial charge in [-0.2, -0.15) is 0 Å². The number of amides is 1. The van der Waals surface area contributed by atoms with E-state index in [4.69, 9.17) is 9.57 Å². The lowest BCUT2D eigenvalue weighted by Gasteiger charge is -2.35. The van der Waals surface area contributed by atoms with Crippen LogP contribution in [-0.4, -0.2) is 60.8 Å². The zero-order valence-electron chi connectivity index (χ0n) is 16.1. The summed E-state index contributed by atoms with van der Waals surface area (Å²) in [5.74, 6) is 0.797. The Hall–Kier alpha value is -2.86. The number of benzene rings is 2. The fraction of sp³-hybridized carbons (Fsp3) is 0.364. The first-order valence-electron chi connectivity index (χ1n) is 9.65. The number of carbonyl (C=O) groups excluding carboxylic acids is 1. The van der Waals surface area contributed by atoms with Crippen LogP contribution in [0.5, 0.6) is 5.75 Å². The molecule has 2 aliphatic heterocycles. The van der Waals surface area contributed by atoms with Gasteiger partial charge in [0.1, 0.15) is 5.75 Å². The molecule has 0 aliphatic carbocycles. The van der Waals surface area contributed by atoms with Crippen molar-refractivity contribution in [3.63, 3.8) is 0 Å². The summed E-state index contributed by atoms with van der Waals surface area (Å²) in [5, 5.41) is 4.15. The average molecular weight is 379 g/mol. The van der Waals surface area contributed by atoms with Gasteiger partial charge in [0.05, 0.1) is 12.8 Å². The summed E-state index contributed by atoms with van der Waals surface area (Å²) < 4.78 is 5.26. The van der Waals surface area contributed by atoms with Crippen molar-refractivity contribution in [3.05, 3.63) is 65.7 Å². The van der Waals surface area contributed by atoms with Gasteiger partial charge in [0, 0.05) is 44.7 Å². The summed E-state index contributed by atoms with van der Waals surface area (Å²) in [6.07, 6.45) is -0.0298. The van der Waals surface area contributed by atoms with Crippen LogP contribution in [0.2, 0.25) is 0 Å². The normalized spacial score (nSPS) is 19.8. The zero-order valence-corrected chi connectivity index (χ0v) is 16.1. The minimum absolute atomic E-state index is 0.0287. The molecule has 0 radical (unpaired) electrons. The molecule has 1 fully saturated rings. The largest absolute Gasteiger partial charge is 0.497 e. The molecule has 2 aromatic rings.